The smallest absolute Gasteiger partial charge is 0.126 e. The molecule has 0 aliphatic carbocycles. The maximum absolute atomic E-state index is 12.4. The third-order valence-corrected chi connectivity index (χ3v) is 1.18. The maximum atomic E-state index is 12.4. The predicted octanol–water partition coefficient (Wildman–Crippen LogP) is 0.928. The summed E-state index contributed by atoms with van der Waals surface area (Å²) in [5.41, 5.74) is 1.20. The molecule has 0 aliphatic rings. The molecule has 0 saturated carbocycles. The van der Waals surface area contributed by atoms with Crippen LogP contribution in [0, 0.1) is 12.7 Å². The van der Waals surface area contributed by atoms with Gasteiger partial charge in [0.25, 0.3) is 0 Å². The van der Waals surface area contributed by atoms with Gasteiger partial charge in [0.15, 0.2) is 0 Å². The Morgan fingerprint density at radius 3 is 2.56 bits per heavy atom. The SMILES string of the molecule is [B]c1ccc(F)c(C)c1. The topological polar surface area (TPSA) is 0 Å². The average molecular weight is 120 g/mol. The van der Waals surface area contributed by atoms with Crippen LogP contribution in [0.25, 0.3) is 0 Å². The molecule has 0 aliphatic heterocycles. The fourth-order valence-electron chi connectivity index (χ4n) is 0.668. The van der Waals surface area contributed by atoms with E-state index in [0.717, 1.165) is 0 Å². The van der Waals surface area contributed by atoms with Gasteiger partial charge in [-0.25, -0.2) is 4.39 Å². The van der Waals surface area contributed by atoms with Gasteiger partial charge in [0, 0.05) is 0 Å². The average Bonchev–Trinajstić information content (AvgIpc) is 1.80. The molecule has 0 unspecified atom stereocenters. The van der Waals surface area contributed by atoms with Crippen LogP contribution < -0.4 is 5.46 Å². The minimum absolute atomic E-state index is 0.204. The molecule has 2 radical (unpaired) electrons. The quantitative estimate of drug-likeness (QED) is 0.446. The summed E-state index contributed by atoms with van der Waals surface area (Å²) in [5.74, 6) is -0.204. The van der Waals surface area contributed by atoms with E-state index in [4.69, 9.17) is 7.85 Å². The van der Waals surface area contributed by atoms with Gasteiger partial charge in [-0.3, -0.25) is 0 Å². The Kier molecular flexibility index (Phi) is 1.56. The zero-order valence-corrected chi connectivity index (χ0v) is 5.19. The molecular formula is C7H6BF. The first kappa shape index (κ1) is 6.34. The Bertz CT molecular complexity index is 220. The number of hydrogen-bond donors (Lipinski definition) is 0. The Morgan fingerprint density at radius 2 is 2.11 bits per heavy atom. The third-order valence-electron chi connectivity index (χ3n) is 1.18. The van der Waals surface area contributed by atoms with Crippen LogP contribution in [0.3, 0.4) is 0 Å². The molecule has 0 bridgehead atoms. The molecule has 0 heterocycles. The normalized spacial score (nSPS) is 9.56. The minimum atomic E-state index is -0.204. The van der Waals surface area contributed by atoms with Crippen LogP contribution in [0.2, 0.25) is 0 Å². The van der Waals surface area contributed by atoms with Crippen molar-refractivity contribution < 1.29 is 4.39 Å². The number of halogens is 1. The Hall–Kier alpha value is -0.785. The lowest BCUT2D eigenvalue weighted by Gasteiger charge is -1.95. The molecular weight excluding hydrogens is 114 g/mol. The fourth-order valence-corrected chi connectivity index (χ4v) is 0.668. The van der Waals surface area contributed by atoms with Crippen molar-refractivity contribution in [3.05, 3.63) is 29.6 Å². The molecule has 0 nitrogen and oxygen atoms in total. The van der Waals surface area contributed by atoms with Crippen molar-refractivity contribution in [2.24, 2.45) is 0 Å². The number of aryl methyl sites for hydroxylation is 1. The monoisotopic (exact) mass is 120 g/mol. The zero-order valence-electron chi connectivity index (χ0n) is 5.19. The van der Waals surface area contributed by atoms with Crippen molar-refractivity contribution in [1.82, 2.24) is 0 Å². The molecule has 44 valence electrons. The molecule has 0 aromatic heterocycles. The molecule has 1 aromatic rings. The third kappa shape index (κ3) is 1.32. The highest BCUT2D eigenvalue weighted by molar-refractivity contribution is 6.32. The van der Waals surface area contributed by atoms with E-state index in [1.165, 1.54) is 6.07 Å². The minimum Gasteiger partial charge on any atom is -0.207 e. The molecule has 0 amide bonds. The van der Waals surface area contributed by atoms with Crippen molar-refractivity contribution in [3.63, 3.8) is 0 Å². The van der Waals surface area contributed by atoms with Gasteiger partial charge >= 0.3 is 0 Å². The van der Waals surface area contributed by atoms with Gasteiger partial charge in [0.2, 0.25) is 0 Å². The highest BCUT2D eigenvalue weighted by Crippen LogP contribution is 2.00. The Balaban J connectivity index is 3.17. The van der Waals surface area contributed by atoms with Crippen LogP contribution in [-0.2, 0) is 0 Å². The van der Waals surface area contributed by atoms with Gasteiger partial charge in [0.05, 0.1) is 0 Å². The van der Waals surface area contributed by atoms with Crippen molar-refractivity contribution in [1.29, 1.82) is 0 Å². The largest absolute Gasteiger partial charge is 0.207 e. The summed E-state index contributed by atoms with van der Waals surface area (Å²) in [6.45, 7) is 1.69. The van der Waals surface area contributed by atoms with E-state index >= 15 is 0 Å². The first-order valence-electron chi connectivity index (χ1n) is 2.72. The van der Waals surface area contributed by atoms with Crippen LogP contribution in [0.5, 0.6) is 0 Å². The van der Waals surface area contributed by atoms with Crippen LogP contribution in [0.4, 0.5) is 4.39 Å². The second-order valence-electron chi connectivity index (χ2n) is 2.01. The molecule has 2 heteroatoms. The Morgan fingerprint density at radius 1 is 1.44 bits per heavy atom. The van der Waals surface area contributed by atoms with E-state index < -0.39 is 0 Å². The lowest BCUT2D eigenvalue weighted by Crippen LogP contribution is -2.02. The summed E-state index contributed by atoms with van der Waals surface area (Å²) >= 11 is 0. The molecule has 0 fully saturated rings. The van der Waals surface area contributed by atoms with Crippen molar-refractivity contribution in [2.45, 2.75) is 6.92 Å². The molecule has 1 rings (SSSR count). The van der Waals surface area contributed by atoms with E-state index in [9.17, 15) is 4.39 Å². The number of rotatable bonds is 0. The highest BCUT2D eigenvalue weighted by atomic mass is 19.1. The number of hydrogen-bond acceptors (Lipinski definition) is 0. The molecule has 9 heavy (non-hydrogen) atoms. The fraction of sp³-hybridized carbons (Fsp3) is 0.143. The van der Waals surface area contributed by atoms with Crippen LogP contribution >= 0.6 is 0 Å². The molecule has 0 saturated heterocycles. The number of benzene rings is 1. The molecule has 0 spiro atoms. The van der Waals surface area contributed by atoms with Crippen molar-refractivity contribution in [2.75, 3.05) is 0 Å². The first-order valence-corrected chi connectivity index (χ1v) is 2.72. The summed E-state index contributed by atoms with van der Waals surface area (Å²) in [5, 5.41) is 0. The van der Waals surface area contributed by atoms with E-state index in [0.29, 0.717) is 11.0 Å². The van der Waals surface area contributed by atoms with Gasteiger partial charge in [-0.15, -0.1) is 0 Å². The Labute approximate surface area is 55.1 Å². The van der Waals surface area contributed by atoms with Crippen molar-refractivity contribution in [3.8, 4) is 0 Å². The van der Waals surface area contributed by atoms with Gasteiger partial charge in [-0.1, -0.05) is 17.6 Å². The van der Waals surface area contributed by atoms with E-state index in [2.05, 4.69) is 0 Å². The zero-order chi connectivity index (χ0) is 6.85. The van der Waals surface area contributed by atoms with Crippen LogP contribution in [-0.4, -0.2) is 7.85 Å². The van der Waals surface area contributed by atoms with Gasteiger partial charge in [-0.2, -0.15) is 0 Å². The van der Waals surface area contributed by atoms with Gasteiger partial charge in [-0.05, 0) is 18.6 Å². The summed E-state index contributed by atoms with van der Waals surface area (Å²) in [6, 6.07) is 4.52. The first-order chi connectivity index (χ1) is 4.20. The van der Waals surface area contributed by atoms with Crippen LogP contribution in [0.1, 0.15) is 5.56 Å². The second kappa shape index (κ2) is 2.22. The lowest BCUT2D eigenvalue weighted by atomic mass is 9.95. The van der Waals surface area contributed by atoms with Gasteiger partial charge in [0.1, 0.15) is 13.7 Å². The maximum Gasteiger partial charge on any atom is 0.126 e. The van der Waals surface area contributed by atoms with E-state index in [-0.39, 0.29) is 5.82 Å². The summed E-state index contributed by atoms with van der Waals surface area (Å²) < 4.78 is 12.4. The summed E-state index contributed by atoms with van der Waals surface area (Å²) in [4.78, 5) is 0. The van der Waals surface area contributed by atoms with Crippen molar-refractivity contribution >= 4 is 13.3 Å². The summed E-state index contributed by atoms with van der Waals surface area (Å²) in [6.07, 6.45) is 0. The van der Waals surface area contributed by atoms with Crippen LogP contribution in [0.15, 0.2) is 18.2 Å². The molecule has 1 aromatic carbocycles. The van der Waals surface area contributed by atoms with E-state index in [1.54, 1.807) is 19.1 Å². The molecule has 0 atom stereocenters. The predicted molar refractivity (Wildman–Crippen MR) is 36.5 cm³/mol. The standard InChI is InChI=1S/C7H6BF/c1-5-4-6(8)2-3-7(5)9/h2-4H,1H3. The highest BCUT2D eigenvalue weighted by Gasteiger charge is 1.92. The van der Waals surface area contributed by atoms with Gasteiger partial charge < -0.3 is 0 Å². The van der Waals surface area contributed by atoms with E-state index in [1.807, 2.05) is 0 Å². The molecule has 0 N–H and O–H groups in total. The second-order valence-corrected chi connectivity index (χ2v) is 2.01. The summed E-state index contributed by atoms with van der Waals surface area (Å²) in [7, 11) is 5.36. The lowest BCUT2D eigenvalue weighted by molar-refractivity contribution is 0.619.